The number of hydrogen-bond donors (Lipinski definition) is 2. The number of rotatable bonds is 7. The zero-order valence-electron chi connectivity index (χ0n) is 21.0. The fourth-order valence-electron chi connectivity index (χ4n) is 5.43. The third-order valence-electron chi connectivity index (χ3n) is 7.19. The van der Waals surface area contributed by atoms with Gasteiger partial charge >= 0.3 is 0 Å². The van der Waals surface area contributed by atoms with E-state index < -0.39 is 25.6 Å². The molecular weight excluding hydrogens is 516 g/mol. The van der Waals surface area contributed by atoms with Crippen LogP contribution in [0, 0.1) is 0 Å². The summed E-state index contributed by atoms with van der Waals surface area (Å²) in [5.41, 5.74) is 3.53. The van der Waals surface area contributed by atoms with Crippen LogP contribution in [-0.2, 0) is 32.9 Å². The van der Waals surface area contributed by atoms with Crippen LogP contribution in [0.4, 0.5) is 11.4 Å². The highest BCUT2D eigenvalue weighted by molar-refractivity contribution is 7.92. The minimum Gasteiger partial charge on any atom is -0.486 e. The number of hydrazine groups is 1. The molecule has 2 aromatic rings. The third-order valence-corrected chi connectivity index (χ3v) is 8.35. The monoisotopic (exact) mass is 548 g/mol. The number of ketones is 1. The first-order chi connectivity index (χ1) is 17.4. The van der Waals surface area contributed by atoms with Crippen molar-refractivity contribution in [3.05, 3.63) is 53.1 Å². The number of anilines is 2. The van der Waals surface area contributed by atoms with Gasteiger partial charge in [-0.05, 0) is 48.2 Å². The highest BCUT2D eigenvalue weighted by Crippen LogP contribution is 2.40. The van der Waals surface area contributed by atoms with Gasteiger partial charge in [-0.3, -0.25) is 14.5 Å². The molecular formula is C25H32N4O6S2. The lowest BCUT2D eigenvalue weighted by Gasteiger charge is -2.44. The first-order valence-electron chi connectivity index (χ1n) is 12.3. The van der Waals surface area contributed by atoms with E-state index in [1.165, 1.54) is 5.56 Å². The molecule has 3 aliphatic rings. The molecule has 3 aliphatic heterocycles. The molecule has 0 unspecified atom stereocenters. The van der Waals surface area contributed by atoms with Gasteiger partial charge in [0.15, 0.2) is 5.78 Å². The zero-order chi connectivity index (χ0) is 26.4. The van der Waals surface area contributed by atoms with Crippen molar-refractivity contribution in [2.24, 2.45) is 0 Å². The summed E-state index contributed by atoms with van der Waals surface area (Å²) in [7, 11) is -6.74. The van der Waals surface area contributed by atoms with Crippen LogP contribution < -0.4 is 19.3 Å². The summed E-state index contributed by atoms with van der Waals surface area (Å²) in [6.45, 7) is 3.17. The second-order valence-electron chi connectivity index (χ2n) is 10.3. The largest absolute Gasteiger partial charge is 0.486 e. The molecule has 37 heavy (non-hydrogen) atoms. The van der Waals surface area contributed by atoms with Crippen molar-refractivity contribution >= 4 is 37.2 Å². The van der Waals surface area contributed by atoms with Crippen LogP contribution in [0.15, 0.2) is 36.4 Å². The average Bonchev–Trinajstić information content (AvgIpc) is 3.19. The SMILES string of the molecule is CS(=O)(=O)Nc1ccc2c(c1)C(=O)CC1(CCN(CCc3ccc4c(c3)CCN4NS(C)(=O)=O)CC1)O2. The number of ether oxygens (including phenoxy) is 1. The van der Waals surface area contributed by atoms with Gasteiger partial charge in [0, 0.05) is 44.7 Å². The molecule has 0 atom stereocenters. The minimum absolute atomic E-state index is 0.0237. The molecule has 12 heteroatoms. The van der Waals surface area contributed by atoms with Crippen LogP contribution in [0.1, 0.15) is 40.7 Å². The molecule has 200 valence electrons. The van der Waals surface area contributed by atoms with Gasteiger partial charge < -0.3 is 9.64 Å². The number of benzene rings is 2. The molecule has 0 bridgehead atoms. The Hall–Kier alpha value is -2.67. The molecule has 10 nitrogen and oxygen atoms in total. The first-order valence-corrected chi connectivity index (χ1v) is 16.1. The number of piperidine rings is 1. The van der Waals surface area contributed by atoms with Crippen molar-refractivity contribution in [3.8, 4) is 5.75 Å². The van der Waals surface area contributed by atoms with Crippen LogP contribution in [0.25, 0.3) is 0 Å². The van der Waals surface area contributed by atoms with Gasteiger partial charge in [0.05, 0.1) is 30.2 Å². The Morgan fingerprint density at radius 3 is 2.43 bits per heavy atom. The predicted molar refractivity (Wildman–Crippen MR) is 142 cm³/mol. The van der Waals surface area contributed by atoms with Gasteiger partial charge in [0.25, 0.3) is 0 Å². The Morgan fingerprint density at radius 1 is 0.973 bits per heavy atom. The number of likely N-dealkylation sites (tertiary alicyclic amines) is 1. The normalized spacial score (nSPS) is 19.4. The summed E-state index contributed by atoms with van der Waals surface area (Å²) < 4.78 is 55.0. The molecule has 0 aliphatic carbocycles. The molecule has 2 aromatic carbocycles. The van der Waals surface area contributed by atoms with Crippen molar-refractivity contribution in [1.82, 2.24) is 9.73 Å². The number of hydrogen-bond acceptors (Lipinski definition) is 8. The molecule has 5 rings (SSSR count). The number of fused-ring (bicyclic) bond motifs is 2. The topological polar surface area (TPSA) is 125 Å². The lowest BCUT2D eigenvalue weighted by Crippen LogP contribution is -2.51. The molecule has 1 spiro atoms. The van der Waals surface area contributed by atoms with Crippen molar-refractivity contribution in [3.63, 3.8) is 0 Å². The van der Waals surface area contributed by atoms with E-state index in [-0.39, 0.29) is 5.78 Å². The first kappa shape index (κ1) is 26.0. The number of carbonyl (C=O) groups excluding carboxylic acids is 1. The highest BCUT2D eigenvalue weighted by atomic mass is 32.2. The van der Waals surface area contributed by atoms with Gasteiger partial charge in [-0.2, -0.15) is 0 Å². The van der Waals surface area contributed by atoms with Gasteiger partial charge in [0.1, 0.15) is 11.4 Å². The Balaban J connectivity index is 1.17. The second-order valence-corrected chi connectivity index (χ2v) is 13.8. The number of nitrogens with zero attached hydrogens (tertiary/aromatic N) is 2. The van der Waals surface area contributed by atoms with Gasteiger partial charge in [-0.1, -0.05) is 12.1 Å². The summed E-state index contributed by atoms with van der Waals surface area (Å²) >= 11 is 0. The van der Waals surface area contributed by atoms with Gasteiger partial charge in [-0.25, -0.2) is 16.8 Å². The van der Waals surface area contributed by atoms with E-state index >= 15 is 0 Å². The number of carbonyl (C=O) groups is 1. The fraction of sp³-hybridized carbons (Fsp3) is 0.480. The summed E-state index contributed by atoms with van der Waals surface area (Å²) in [6.07, 6.45) is 5.71. The Bertz CT molecular complexity index is 1430. The van der Waals surface area contributed by atoms with Crippen LogP contribution >= 0.6 is 0 Å². The lowest BCUT2D eigenvalue weighted by atomic mass is 9.82. The van der Waals surface area contributed by atoms with Crippen molar-refractivity contribution < 1.29 is 26.4 Å². The maximum atomic E-state index is 12.9. The molecule has 3 heterocycles. The van der Waals surface area contributed by atoms with Crippen molar-refractivity contribution in [1.29, 1.82) is 0 Å². The van der Waals surface area contributed by atoms with Gasteiger partial charge in [-0.15, -0.1) is 4.83 Å². The standard InChI is InChI=1S/C25H32N4O6S2/c1-36(31,32)26-20-4-6-24-21(16-20)23(30)17-25(35-24)9-13-28(14-10-25)11-7-18-3-5-22-19(15-18)8-12-29(22)27-37(2,33)34/h3-6,15-16,26-27H,7-14,17H2,1-2H3. The van der Waals surface area contributed by atoms with E-state index in [1.807, 2.05) is 6.07 Å². The predicted octanol–water partition coefficient (Wildman–Crippen LogP) is 1.93. The Labute approximate surface area is 218 Å². The Morgan fingerprint density at radius 2 is 1.73 bits per heavy atom. The number of sulfonamides is 2. The van der Waals surface area contributed by atoms with E-state index in [1.54, 1.807) is 23.2 Å². The molecule has 0 amide bonds. The van der Waals surface area contributed by atoms with Crippen LogP contribution in [0.3, 0.4) is 0 Å². The maximum Gasteiger partial charge on any atom is 0.229 e. The third kappa shape index (κ3) is 6.08. The summed E-state index contributed by atoms with van der Waals surface area (Å²) in [4.78, 5) is 17.9. The fourth-order valence-corrected chi connectivity index (χ4v) is 6.57. The van der Waals surface area contributed by atoms with E-state index in [0.717, 1.165) is 69.1 Å². The van der Waals surface area contributed by atoms with E-state index in [0.29, 0.717) is 30.0 Å². The maximum absolute atomic E-state index is 12.9. The van der Waals surface area contributed by atoms with E-state index in [4.69, 9.17) is 4.74 Å². The van der Waals surface area contributed by atoms with Crippen LogP contribution in [0.5, 0.6) is 5.75 Å². The molecule has 0 radical (unpaired) electrons. The minimum atomic E-state index is -3.43. The van der Waals surface area contributed by atoms with Gasteiger partial charge in [0.2, 0.25) is 20.0 Å². The smallest absolute Gasteiger partial charge is 0.229 e. The summed E-state index contributed by atoms with van der Waals surface area (Å²) in [5.74, 6) is 0.491. The van der Waals surface area contributed by atoms with Crippen LogP contribution in [-0.4, -0.2) is 71.8 Å². The van der Waals surface area contributed by atoms with E-state index in [9.17, 15) is 21.6 Å². The molecule has 1 fully saturated rings. The Kier molecular flexibility index (Phi) is 6.71. The van der Waals surface area contributed by atoms with Crippen LogP contribution in [0.2, 0.25) is 0 Å². The quantitative estimate of drug-likeness (QED) is 0.538. The van der Waals surface area contributed by atoms with Crippen molar-refractivity contribution in [2.45, 2.75) is 37.7 Å². The number of nitrogens with one attached hydrogen (secondary N) is 2. The molecule has 2 N–H and O–H groups in total. The lowest BCUT2D eigenvalue weighted by molar-refractivity contribution is -0.00865. The molecule has 0 aromatic heterocycles. The number of Topliss-reactive ketones (excluding diaryl/α,β-unsaturated/α-hetero) is 1. The zero-order valence-corrected chi connectivity index (χ0v) is 22.6. The molecule has 0 saturated carbocycles. The van der Waals surface area contributed by atoms with Crippen molar-refractivity contribution in [2.75, 3.05) is 48.4 Å². The highest BCUT2D eigenvalue weighted by Gasteiger charge is 2.43. The second kappa shape index (κ2) is 9.57. The molecule has 1 saturated heterocycles. The average molecular weight is 549 g/mol. The summed E-state index contributed by atoms with van der Waals surface area (Å²) in [6, 6.07) is 11.0. The summed E-state index contributed by atoms with van der Waals surface area (Å²) in [5, 5.41) is 1.69. The van der Waals surface area contributed by atoms with E-state index in [2.05, 4.69) is 26.6 Å².